The Labute approximate surface area is 245 Å². The van der Waals surface area contributed by atoms with Crippen molar-refractivity contribution in [2.24, 2.45) is 0 Å². The molecule has 0 spiro atoms. The second-order valence-electron chi connectivity index (χ2n) is 9.59. The number of fused-ring (bicyclic) bond motifs is 6. The van der Waals surface area contributed by atoms with E-state index in [0.717, 1.165) is 36.7 Å². The molecule has 41 heavy (non-hydrogen) atoms. The Kier molecular flexibility index (Phi) is 7.17. The predicted octanol–water partition coefficient (Wildman–Crippen LogP) is 5.75. The van der Waals surface area contributed by atoms with E-state index >= 15 is 0 Å². The molecule has 6 rings (SSSR count). The van der Waals surface area contributed by atoms with Crippen LogP contribution in [0.15, 0.2) is 94.4 Å². The van der Waals surface area contributed by atoms with Crippen LogP contribution in [-0.2, 0) is 26.1 Å². The SMILES string of the molecule is CCC(/C=C1\Sc2ccc3ccccc3c2N1CS(=O)(=O)[O-])=C\c1sc2ccc3ccccc3c2[n+]1CS(=O)(=O)[O-]. The standard InChI is InChI=1S/C29H24N2O6S4/c1-2-19(15-26-30(17-40(32,33)34)28-22-9-5-3-7-20(22)11-13-24(28)38-26)16-27-31(18-41(35,36)37)29-23-10-6-4-8-21(23)12-14-25(29)39-27/h3-16H,2,17-18H2,1H3,(H-,32,33,34,35,36,37)/p-1. The fraction of sp³-hybridized carbons (Fsp3) is 0.138. The maximum absolute atomic E-state index is 12.0. The van der Waals surface area contributed by atoms with Gasteiger partial charge in [0.25, 0.3) is 5.01 Å². The Morgan fingerprint density at radius 1 is 0.878 bits per heavy atom. The second-order valence-corrected chi connectivity index (χ2v) is 14.5. The second kappa shape index (κ2) is 10.5. The van der Waals surface area contributed by atoms with Gasteiger partial charge in [-0.05, 0) is 47.0 Å². The molecular formula is C29H23N2O6S4-. The molecule has 1 aliphatic heterocycles. The highest BCUT2D eigenvalue weighted by atomic mass is 32.2. The molecule has 4 aromatic carbocycles. The average molecular weight is 624 g/mol. The molecule has 0 N–H and O–H groups in total. The number of anilines is 1. The smallest absolute Gasteiger partial charge is 0.263 e. The normalized spacial score (nSPS) is 15.4. The summed E-state index contributed by atoms with van der Waals surface area (Å²) in [5, 5.41) is 4.65. The van der Waals surface area contributed by atoms with Gasteiger partial charge in [0.2, 0.25) is 11.4 Å². The molecule has 12 heteroatoms. The van der Waals surface area contributed by atoms with Gasteiger partial charge in [-0.1, -0.05) is 84.6 Å². The zero-order chi connectivity index (χ0) is 28.9. The van der Waals surface area contributed by atoms with Crippen molar-refractivity contribution in [1.29, 1.82) is 0 Å². The molecule has 0 fully saturated rings. The number of benzene rings is 4. The monoisotopic (exact) mass is 623 g/mol. The summed E-state index contributed by atoms with van der Waals surface area (Å²) in [6.07, 6.45) is 4.17. The Balaban J connectivity index is 1.52. The highest BCUT2D eigenvalue weighted by Crippen LogP contribution is 2.50. The maximum Gasteiger partial charge on any atom is 0.263 e. The van der Waals surface area contributed by atoms with Crippen LogP contribution in [0.25, 0.3) is 37.8 Å². The molecule has 0 saturated heterocycles. The highest BCUT2D eigenvalue weighted by molar-refractivity contribution is 8.03. The quantitative estimate of drug-likeness (QED) is 0.166. The van der Waals surface area contributed by atoms with Crippen LogP contribution in [0.2, 0.25) is 0 Å². The van der Waals surface area contributed by atoms with Crippen LogP contribution in [0, 0.1) is 0 Å². The first-order chi connectivity index (χ1) is 19.5. The first kappa shape index (κ1) is 27.9. The molecule has 8 nitrogen and oxygen atoms in total. The highest BCUT2D eigenvalue weighted by Gasteiger charge is 2.29. The minimum atomic E-state index is -4.62. The predicted molar refractivity (Wildman–Crippen MR) is 162 cm³/mol. The largest absolute Gasteiger partial charge is 0.747 e. The van der Waals surface area contributed by atoms with Crippen molar-refractivity contribution in [3.05, 3.63) is 94.5 Å². The summed E-state index contributed by atoms with van der Waals surface area (Å²) in [6.45, 7) is 1.93. The zero-order valence-corrected chi connectivity index (χ0v) is 24.9. The zero-order valence-electron chi connectivity index (χ0n) is 21.7. The van der Waals surface area contributed by atoms with Crippen LogP contribution in [0.3, 0.4) is 0 Å². The van der Waals surface area contributed by atoms with E-state index in [1.54, 1.807) is 0 Å². The number of nitrogens with zero attached hydrogens (tertiary/aromatic N) is 2. The van der Waals surface area contributed by atoms with Gasteiger partial charge in [0.15, 0.2) is 10.1 Å². The van der Waals surface area contributed by atoms with Gasteiger partial charge in [0, 0.05) is 16.4 Å². The fourth-order valence-corrected chi connectivity index (χ4v) is 8.74. The Bertz CT molecular complexity index is 2130. The van der Waals surface area contributed by atoms with Crippen molar-refractivity contribution in [3.8, 4) is 0 Å². The summed E-state index contributed by atoms with van der Waals surface area (Å²) < 4.78 is 74.2. The third-order valence-electron chi connectivity index (χ3n) is 6.83. The molecule has 1 aromatic heterocycles. The topological polar surface area (TPSA) is 122 Å². The van der Waals surface area contributed by atoms with Crippen LogP contribution in [0.4, 0.5) is 5.69 Å². The van der Waals surface area contributed by atoms with Crippen molar-refractivity contribution < 1.29 is 30.5 Å². The third kappa shape index (κ3) is 5.63. The number of thioether (sulfide) groups is 1. The van der Waals surface area contributed by atoms with Crippen LogP contribution >= 0.6 is 23.1 Å². The molecule has 1 aliphatic rings. The fourth-order valence-electron chi connectivity index (χ4n) is 5.10. The summed E-state index contributed by atoms with van der Waals surface area (Å²) in [4.78, 5) is 2.36. The molecular weight excluding hydrogens is 601 g/mol. The number of rotatable bonds is 7. The van der Waals surface area contributed by atoms with Crippen molar-refractivity contribution in [2.75, 3.05) is 10.8 Å². The average Bonchev–Trinajstić information content (AvgIpc) is 3.43. The number of hydrogen-bond acceptors (Lipinski definition) is 9. The van der Waals surface area contributed by atoms with Gasteiger partial charge in [0.05, 0.1) is 16.1 Å². The lowest BCUT2D eigenvalue weighted by Crippen LogP contribution is -2.39. The molecule has 0 aliphatic carbocycles. The number of hydrogen-bond donors (Lipinski definition) is 0. The molecule has 0 saturated carbocycles. The summed E-state index contributed by atoms with van der Waals surface area (Å²) in [6, 6.07) is 22.9. The summed E-state index contributed by atoms with van der Waals surface area (Å²) in [5.41, 5.74) is 2.09. The van der Waals surface area contributed by atoms with E-state index in [9.17, 15) is 25.9 Å². The maximum atomic E-state index is 12.0. The number of thiazole rings is 1. The van der Waals surface area contributed by atoms with Gasteiger partial charge in [0.1, 0.15) is 20.7 Å². The van der Waals surface area contributed by atoms with E-state index < -0.39 is 32.0 Å². The van der Waals surface area contributed by atoms with Gasteiger partial charge in [-0.3, -0.25) is 0 Å². The minimum absolute atomic E-state index is 0.526. The van der Waals surface area contributed by atoms with Gasteiger partial charge in [-0.25, -0.2) is 16.8 Å². The van der Waals surface area contributed by atoms with Crippen LogP contribution in [0.5, 0.6) is 0 Å². The summed E-state index contributed by atoms with van der Waals surface area (Å²) in [7, 11) is -9.24. The van der Waals surface area contributed by atoms with Gasteiger partial charge < -0.3 is 14.0 Å². The van der Waals surface area contributed by atoms with Crippen molar-refractivity contribution in [1.82, 2.24) is 0 Å². The molecule has 5 aromatic rings. The minimum Gasteiger partial charge on any atom is -0.747 e. The van der Waals surface area contributed by atoms with Crippen LogP contribution < -0.4 is 9.47 Å². The lowest BCUT2D eigenvalue weighted by Gasteiger charge is -2.23. The van der Waals surface area contributed by atoms with Crippen molar-refractivity contribution in [3.63, 3.8) is 0 Å². The molecule has 210 valence electrons. The van der Waals surface area contributed by atoms with Gasteiger partial charge >= 0.3 is 0 Å². The van der Waals surface area contributed by atoms with Crippen molar-refractivity contribution in [2.45, 2.75) is 24.1 Å². The van der Waals surface area contributed by atoms with E-state index in [1.165, 1.54) is 32.6 Å². The lowest BCUT2D eigenvalue weighted by atomic mass is 10.1. The van der Waals surface area contributed by atoms with E-state index in [1.807, 2.05) is 91.9 Å². The Hall–Kier alpha value is -3.26. The number of allylic oxidation sites excluding steroid dienone is 2. The van der Waals surface area contributed by atoms with Crippen LogP contribution in [0.1, 0.15) is 18.4 Å². The molecule has 0 atom stereocenters. The van der Waals surface area contributed by atoms with Crippen LogP contribution in [-0.4, -0.2) is 31.8 Å². The molecule has 0 amide bonds. The molecule has 0 bridgehead atoms. The summed E-state index contributed by atoms with van der Waals surface area (Å²) in [5.74, 6) is -1.46. The van der Waals surface area contributed by atoms with Gasteiger partial charge in [-0.15, -0.1) is 0 Å². The Morgan fingerprint density at radius 3 is 2.22 bits per heavy atom. The van der Waals surface area contributed by atoms with Crippen molar-refractivity contribution >= 4 is 86.9 Å². The number of aromatic nitrogens is 1. The van der Waals surface area contributed by atoms with E-state index in [-0.39, 0.29) is 0 Å². The van der Waals surface area contributed by atoms with Gasteiger partial charge in [-0.2, -0.15) is 4.57 Å². The molecule has 0 unspecified atom stereocenters. The first-order valence-electron chi connectivity index (χ1n) is 12.6. The third-order valence-corrected chi connectivity index (χ3v) is 10.2. The molecule has 0 radical (unpaired) electrons. The Morgan fingerprint density at radius 2 is 1.54 bits per heavy atom. The first-order valence-corrected chi connectivity index (χ1v) is 17.4. The van der Waals surface area contributed by atoms with E-state index in [0.29, 0.717) is 27.7 Å². The summed E-state index contributed by atoms with van der Waals surface area (Å²) >= 11 is 2.74. The molecule has 2 heterocycles. The van der Waals surface area contributed by atoms with E-state index in [4.69, 9.17) is 0 Å². The lowest BCUT2D eigenvalue weighted by molar-refractivity contribution is -0.648. The van der Waals surface area contributed by atoms with E-state index in [2.05, 4.69) is 0 Å².